The number of hydrogen-bond donors (Lipinski definition) is 1. The van der Waals surface area contributed by atoms with Crippen molar-refractivity contribution in [1.29, 1.82) is 0 Å². The van der Waals surface area contributed by atoms with Gasteiger partial charge >= 0.3 is 0 Å². The van der Waals surface area contributed by atoms with Crippen LogP contribution in [0.25, 0.3) is 5.69 Å². The van der Waals surface area contributed by atoms with Crippen LogP contribution in [0.4, 0.5) is 8.78 Å². The molecule has 1 aliphatic carbocycles. The number of nitrogens with zero attached hydrogens (tertiary/aromatic N) is 3. The minimum absolute atomic E-state index is 0.0373. The zero-order valence-electron chi connectivity index (χ0n) is 13.2. The van der Waals surface area contributed by atoms with E-state index in [9.17, 15) is 8.78 Å². The van der Waals surface area contributed by atoms with Crippen molar-refractivity contribution < 1.29 is 13.5 Å². The second-order valence-electron chi connectivity index (χ2n) is 6.00. The third-order valence-corrected chi connectivity index (χ3v) is 4.33. The Labute approximate surface area is 133 Å². The van der Waals surface area contributed by atoms with Gasteiger partial charge in [0, 0.05) is 25.1 Å². The van der Waals surface area contributed by atoms with Gasteiger partial charge in [0.25, 0.3) is 0 Å². The van der Waals surface area contributed by atoms with E-state index >= 15 is 0 Å². The summed E-state index contributed by atoms with van der Waals surface area (Å²) in [7, 11) is 1.66. The van der Waals surface area contributed by atoms with Gasteiger partial charge in [0.2, 0.25) is 0 Å². The largest absolute Gasteiger partial charge is 0.380 e. The van der Waals surface area contributed by atoms with Crippen LogP contribution in [0.5, 0.6) is 0 Å². The van der Waals surface area contributed by atoms with E-state index in [2.05, 4.69) is 10.1 Å². The fourth-order valence-electron chi connectivity index (χ4n) is 3.25. The molecule has 3 atom stereocenters. The summed E-state index contributed by atoms with van der Waals surface area (Å²) < 4.78 is 33.9. The molecule has 1 aliphatic rings. The van der Waals surface area contributed by atoms with Gasteiger partial charge in [-0.2, -0.15) is 5.10 Å². The highest BCUT2D eigenvalue weighted by molar-refractivity contribution is 5.33. The Morgan fingerprint density at radius 3 is 2.52 bits per heavy atom. The van der Waals surface area contributed by atoms with Crippen LogP contribution in [0.1, 0.15) is 36.8 Å². The van der Waals surface area contributed by atoms with Gasteiger partial charge in [-0.25, -0.2) is 18.4 Å². The second-order valence-corrected chi connectivity index (χ2v) is 6.00. The van der Waals surface area contributed by atoms with E-state index in [-0.39, 0.29) is 18.1 Å². The molecule has 2 aromatic rings. The SMILES string of the molecule is CO[C@@H]1CC[C@H](c2nc(C)nn2-c2cc(F)cc(F)c2)C[C@H]1N. The van der Waals surface area contributed by atoms with Gasteiger partial charge in [0.15, 0.2) is 0 Å². The maximum atomic E-state index is 13.5. The topological polar surface area (TPSA) is 66.0 Å². The Morgan fingerprint density at radius 1 is 1.22 bits per heavy atom. The van der Waals surface area contributed by atoms with E-state index in [0.717, 1.165) is 18.9 Å². The number of aromatic nitrogens is 3. The molecule has 1 fully saturated rings. The molecular weight excluding hydrogens is 302 g/mol. The summed E-state index contributed by atoms with van der Waals surface area (Å²) in [6.45, 7) is 1.76. The molecule has 1 heterocycles. The summed E-state index contributed by atoms with van der Waals surface area (Å²) in [5, 5.41) is 4.30. The Balaban J connectivity index is 1.95. The van der Waals surface area contributed by atoms with E-state index in [1.807, 2.05) is 0 Å². The molecule has 1 aromatic heterocycles. The summed E-state index contributed by atoms with van der Waals surface area (Å²) in [5.74, 6) is 0.0614. The minimum Gasteiger partial charge on any atom is -0.380 e. The van der Waals surface area contributed by atoms with Crippen molar-refractivity contribution in [2.45, 2.75) is 44.2 Å². The average molecular weight is 322 g/mol. The van der Waals surface area contributed by atoms with Gasteiger partial charge in [0.1, 0.15) is 23.3 Å². The fourth-order valence-corrected chi connectivity index (χ4v) is 3.25. The van der Waals surface area contributed by atoms with Crippen molar-refractivity contribution in [2.75, 3.05) is 7.11 Å². The van der Waals surface area contributed by atoms with Crippen LogP contribution in [-0.2, 0) is 4.74 Å². The number of methoxy groups -OCH3 is 1. The molecule has 23 heavy (non-hydrogen) atoms. The van der Waals surface area contributed by atoms with Crippen LogP contribution in [0.2, 0.25) is 0 Å². The van der Waals surface area contributed by atoms with Crippen LogP contribution in [0.3, 0.4) is 0 Å². The molecule has 1 aromatic carbocycles. The summed E-state index contributed by atoms with van der Waals surface area (Å²) >= 11 is 0. The van der Waals surface area contributed by atoms with Gasteiger partial charge in [-0.1, -0.05) is 0 Å². The number of benzene rings is 1. The van der Waals surface area contributed by atoms with Crippen molar-refractivity contribution in [3.05, 3.63) is 41.5 Å². The first-order valence-corrected chi connectivity index (χ1v) is 7.66. The number of nitrogens with two attached hydrogens (primary N) is 1. The zero-order valence-corrected chi connectivity index (χ0v) is 13.2. The number of aryl methyl sites for hydroxylation is 1. The standard InChI is InChI=1S/C16H20F2N4O/c1-9-20-16(10-3-4-15(23-2)14(19)5-10)22(21-9)13-7-11(17)6-12(18)8-13/h6-8,10,14-15H,3-5,19H2,1-2H3/t10-,14+,15+/m0/s1. The van der Waals surface area contributed by atoms with Crippen LogP contribution >= 0.6 is 0 Å². The first kappa shape index (κ1) is 16.0. The predicted octanol–water partition coefficient (Wildman–Crippen LogP) is 2.46. The molecule has 0 saturated heterocycles. The van der Waals surface area contributed by atoms with Crippen molar-refractivity contribution in [2.24, 2.45) is 5.73 Å². The molecule has 1 saturated carbocycles. The van der Waals surface area contributed by atoms with E-state index in [1.54, 1.807) is 14.0 Å². The smallest absolute Gasteiger partial charge is 0.148 e. The molecule has 0 aliphatic heterocycles. The molecule has 0 radical (unpaired) electrons. The number of hydrogen-bond acceptors (Lipinski definition) is 4. The summed E-state index contributed by atoms with van der Waals surface area (Å²) in [6.07, 6.45) is 2.41. The Morgan fingerprint density at radius 2 is 1.91 bits per heavy atom. The van der Waals surface area contributed by atoms with Gasteiger partial charge < -0.3 is 10.5 Å². The molecule has 0 bridgehead atoms. The molecule has 0 spiro atoms. The molecular formula is C16H20F2N4O. The Kier molecular flexibility index (Phi) is 4.41. The molecule has 124 valence electrons. The second kappa shape index (κ2) is 6.33. The molecule has 5 nitrogen and oxygen atoms in total. The summed E-state index contributed by atoms with van der Waals surface area (Å²) in [4.78, 5) is 4.47. The lowest BCUT2D eigenvalue weighted by atomic mass is 9.83. The van der Waals surface area contributed by atoms with Crippen molar-refractivity contribution in [3.63, 3.8) is 0 Å². The van der Waals surface area contributed by atoms with Crippen molar-refractivity contribution >= 4 is 0 Å². The lowest BCUT2D eigenvalue weighted by Gasteiger charge is -2.32. The average Bonchev–Trinajstić information content (AvgIpc) is 2.88. The fraction of sp³-hybridized carbons (Fsp3) is 0.500. The first-order valence-electron chi connectivity index (χ1n) is 7.66. The van der Waals surface area contributed by atoms with Crippen LogP contribution in [-0.4, -0.2) is 34.0 Å². The van der Waals surface area contributed by atoms with Gasteiger partial charge in [-0.05, 0) is 38.3 Å². The summed E-state index contributed by atoms with van der Waals surface area (Å²) in [6, 6.07) is 3.25. The molecule has 3 rings (SSSR count). The lowest BCUT2D eigenvalue weighted by Crippen LogP contribution is -2.41. The quantitative estimate of drug-likeness (QED) is 0.943. The van der Waals surface area contributed by atoms with E-state index < -0.39 is 11.6 Å². The lowest BCUT2D eigenvalue weighted by molar-refractivity contribution is 0.0482. The Bertz CT molecular complexity index is 683. The molecule has 0 unspecified atom stereocenters. The molecule has 0 amide bonds. The van der Waals surface area contributed by atoms with E-state index in [1.165, 1.54) is 16.8 Å². The summed E-state index contributed by atoms with van der Waals surface area (Å²) in [5.41, 5.74) is 6.49. The minimum atomic E-state index is -0.640. The Hall–Kier alpha value is -1.86. The van der Waals surface area contributed by atoms with Crippen molar-refractivity contribution in [1.82, 2.24) is 14.8 Å². The van der Waals surface area contributed by atoms with Crippen LogP contribution in [0.15, 0.2) is 18.2 Å². The monoisotopic (exact) mass is 322 g/mol. The van der Waals surface area contributed by atoms with Gasteiger partial charge in [-0.3, -0.25) is 0 Å². The normalized spacial score (nSPS) is 24.8. The first-order chi connectivity index (χ1) is 11.0. The van der Waals surface area contributed by atoms with Crippen LogP contribution < -0.4 is 5.73 Å². The van der Waals surface area contributed by atoms with Crippen LogP contribution in [0, 0.1) is 18.6 Å². The highest BCUT2D eigenvalue weighted by Crippen LogP contribution is 2.33. The van der Waals surface area contributed by atoms with Gasteiger partial charge in [0.05, 0.1) is 11.8 Å². The van der Waals surface area contributed by atoms with Crippen molar-refractivity contribution in [3.8, 4) is 5.69 Å². The highest BCUT2D eigenvalue weighted by atomic mass is 19.1. The van der Waals surface area contributed by atoms with Gasteiger partial charge in [-0.15, -0.1) is 0 Å². The molecule has 2 N–H and O–H groups in total. The predicted molar refractivity (Wildman–Crippen MR) is 81.4 cm³/mol. The maximum Gasteiger partial charge on any atom is 0.148 e. The number of halogens is 2. The third-order valence-electron chi connectivity index (χ3n) is 4.33. The third kappa shape index (κ3) is 3.25. The highest BCUT2D eigenvalue weighted by Gasteiger charge is 2.32. The van der Waals surface area contributed by atoms with E-state index in [4.69, 9.17) is 10.5 Å². The zero-order chi connectivity index (χ0) is 16.6. The van der Waals surface area contributed by atoms with E-state index in [0.29, 0.717) is 23.8 Å². The number of rotatable bonds is 3. The number of ether oxygens (including phenoxy) is 1. The molecule has 7 heteroatoms. The maximum absolute atomic E-state index is 13.5.